The van der Waals surface area contributed by atoms with Gasteiger partial charge in [-0.05, 0) is 6.92 Å². The summed E-state index contributed by atoms with van der Waals surface area (Å²) in [6, 6.07) is 4.25. The van der Waals surface area contributed by atoms with Crippen LogP contribution in [0.3, 0.4) is 0 Å². The zero-order chi connectivity index (χ0) is 10.3. The summed E-state index contributed by atoms with van der Waals surface area (Å²) < 4.78 is 27.4. The van der Waals surface area contributed by atoms with Crippen LogP contribution in [0.4, 0.5) is 8.78 Å². The molecule has 0 aliphatic carbocycles. The van der Waals surface area contributed by atoms with Crippen LogP contribution in [-0.2, 0) is 0 Å². The fourth-order valence-corrected chi connectivity index (χ4v) is 1.38. The smallest absolute Gasteiger partial charge is 0.153 e. The third-order valence-electron chi connectivity index (χ3n) is 1.98. The predicted octanol–water partition coefficient (Wildman–Crippen LogP) is 2.06. The highest BCUT2D eigenvalue weighted by Crippen LogP contribution is 2.19. The molecule has 0 saturated heterocycles. The summed E-state index contributed by atoms with van der Waals surface area (Å²) in [5.41, 5.74) is 0.379. The van der Waals surface area contributed by atoms with Gasteiger partial charge in [-0.1, -0.05) is 6.42 Å². The van der Waals surface area contributed by atoms with Gasteiger partial charge in [0, 0.05) is 18.2 Å². The Kier molecular flexibility index (Phi) is 1.74. The number of aryl methyl sites for hydroxylation is 1. The third-order valence-corrected chi connectivity index (χ3v) is 1.98. The van der Waals surface area contributed by atoms with Gasteiger partial charge in [0.15, 0.2) is 5.82 Å². The molecule has 14 heavy (non-hydrogen) atoms. The lowest BCUT2D eigenvalue weighted by Crippen LogP contribution is -1.91. The second-order valence-electron chi connectivity index (χ2n) is 2.88. The van der Waals surface area contributed by atoms with Crippen molar-refractivity contribution in [3.63, 3.8) is 0 Å². The van der Waals surface area contributed by atoms with Crippen LogP contribution >= 0.6 is 0 Å². The molecule has 0 N–H and O–H groups in total. The van der Waals surface area contributed by atoms with Crippen molar-refractivity contribution in [1.82, 2.24) is 9.55 Å². The molecular formula is C10H6F2N2. The van der Waals surface area contributed by atoms with E-state index in [0.717, 1.165) is 12.1 Å². The molecule has 0 fully saturated rings. The quantitative estimate of drug-likeness (QED) is 0.584. The second kappa shape index (κ2) is 2.81. The lowest BCUT2D eigenvalue weighted by molar-refractivity contribution is 0.590. The SMILES string of the molecule is C#Cn1c(C)nc2c(F)cc(F)cc21. The maximum absolute atomic E-state index is 13.2. The highest BCUT2D eigenvalue weighted by atomic mass is 19.1. The zero-order valence-corrected chi connectivity index (χ0v) is 7.38. The lowest BCUT2D eigenvalue weighted by atomic mass is 10.3. The Balaban J connectivity index is 2.97. The first kappa shape index (κ1) is 8.70. The lowest BCUT2D eigenvalue weighted by Gasteiger charge is -1.95. The molecule has 0 amide bonds. The fraction of sp³-hybridized carbons (Fsp3) is 0.100. The zero-order valence-electron chi connectivity index (χ0n) is 7.38. The van der Waals surface area contributed by atoms with Crippen LogP contribution in [0, 0.1) is 31.0 Å². The second-order valence-corrected chi connectivity index (χ2v) is 2.88. The van der Waals surface area contributed by atoms with E-state index in [1.807, 2.05) is 0 Å². The Morgan fingerprint density at radius 2 is 2.14 bits per heavy atom. The van der Waals surface area contributed by atoms with Gasteiger partial charge in [0.05, 0.1) is 5.52 Å². The van der Waals surface area contributed by atoms with Crippen LogP contribution in [0.1, 0.15) is 5.82 Å². The van der Waals surface area contributed by atoms with Gasteiger partial charge < -0.3 is 0 Å². The van der Waals surface area contributed by atoms with E-state index in [1.165, 1.54) is 4.57 Å². The summed E-state index contributed by atoms with van der Waals surface area (Å²) in [7, 11) is 0. The molecule has 0 atom stereocenters. The van der Waals surface area contributed by atoms with E-state index < -0.39 is 11.6 Å². The molecule has 0 aliphatic heterocycles. The summed E-state index contributed by atoms with van der Waals surface area (Å²) in [5.74, 6) is -0.893. The van der Waals surface area contributed by atoms with Crippen LogP contribution in [0.15, 0.2) is 12.1 Å². The van der Waals surface area contributed by atoms with E-state index in [2.05, 4.69) is 11.0 Å². The topological polar surface area (TPSA) is 17.8 Å². The minimum Gasteiger partial charge on any atom is -0.255 e. The van der Waals surface area contributed by atoms with Crippen LogP contribution < -0.4 is 0 Å². The molecule has 1 aromatic carbocycles. The van der Waals surface area contributed by atoms with E-state index in [0.29, 0.717) is 5.82 Å². The van der Waals surface area contributed by atoms with Crippen LogP contribution in [0.2, 0.25) is 0 Å². The number of rotatable bonds is 0. The van der Waals surface area contributed by atoms with Crippen molar-refractivity contribution < 1.29 is 8.78 Å². The Hall–Kier alpha value is -1.89. The summed E-state index contributed by atoms with van der Waals surface area (Å²) in [4.78, 5) is 3.90. The summed E-state index contributed by atoms with van der Waals surface area (Å²) in [5, 5.41) is 0. The average molecular weight is 192 g/mol. The molecule has 2 aromatic rings. The number of aromatic nitrogens is 2. The fourth-order valence-electron chi connectivity index (χ4n) is 1.38. The third kappa shape index (κ3) is 1.06. The molecule has 0 aliphatic rings. The van der Waals surface area contributed by atoms with Crippen LogP contribution in [-0.4, -0.2) is 9.55 Å². The molecule has 0 radical (unpaired) electrons. The van der Waals surface area contributed by atoms with E-state index in [4.69, 9.17) is 6.42 Å². The summed E-state index contributed by atoms with van der Waals surface area (Å²) in [6.45, 7) is 1.64. The number of fused-ring (bicyclic) bond motifs is 1. The first-order valence-electron chi connectivity index (χ1n) is 3.94. The van der Waals surface area contributed by atoms with Gasteiger partial charge in [-0.3, -0.25) is 4.57 Å². The van der Waals surface area contributed by atoms with Gasteiger partial charge in [-0.25, -0.2) is 13.8 Å². The first-order valence-corrected chi connectivity index (χ1v) is 3.94. The van der Waals surface area contributed by atoms with E-state index >= 15 is 0 Å². The Morgan fingerprint density at radius 1 is 1.43 bits per heavy atom. The molecule has 0 unspecified atom stereocenters. The molecule has 0 spiro atoms. The van der Waals surface area contributed by atoms with Gasteiger partial charge >= 0.3 is 0 Å². The molecule has 1 heterocycles. The van der Waals surface area contributed by atoms with E-state index in [-0.39, 0.29) is 11.0 Å². The molecule has 4 heteroatoms. The molecular weight excluding hydrogens is 186 g/mol. The van der Waals surface area contributed by atoms with Gasteiger partial charge in [0.2, 0.25) is 0 Å². The maximum Gasteiger partial charge on any atom is 0.153 e. The van der Waals surface area contributed by atoms with Crippen molar-refractivity contribution >= 4 is 11.0 Å². The van der Waals surface area contributed by atoms with Crippen molar-refractivity contribution in [2.24, 2.45) is 0 Å². The number of hydrogen-bond donors (Lipinski definition) is 0. The van der Waals surface area contributed by atoms with Crippen molar-refractivity contribution in [3.8, 4) is 12.5 Å². The number of benzene rings is 1. The number of halogens is 2. The van der Waals surface area contributed by atoms with Crippen molar-refractivity contribution in [1.29, 1.82) is 0 Å². The molecule has 0 bridgehead atoms. The highest BCUT2D eigenvalue weighted by Gasteiger charge is 2.11. The van der Waals surface area contributed by atoms with Gasteiger partial charge in [0.25, 0.3) is 0 Å². The van der Waals surface area contributed by atoms with Crippen molar-refractivity contribution in [2.45, 2.75) is 6.92 Å². The molecule has 2 nitrogen and oxygen atoms in total. The average Bonchev–Trinajstić information content (AvgIpc) is 2.41. The Labute approximate surface area is 79.2 Å². The number of imidazole rings is 1. The first-order chi connectivity index (χ1) is 6.63. The maximum atomic E-state index is 13.2. The van der Waals surface area contributed by atoms with Gasteiger partial charge in [-0.2, -0.15) is 0 Å². The summed E-state index contributed by atoms with van der Waals surface area (Å²) >= 11 is 0. The molecule has 2 rings (SSSR count). The molecule has 1 aromatic heterocycles. The highest BCUT2D eigenvalue weighted by molar-refractivity contribution is 5.77. The van der Waals surface area contributed by atoms with Crippen molar-refractivity contribution in [3.05, 3.63) is 29.6 Å². The molecule has 0 saturated carbocycles. The summed E-state index contributed by atoms with van der Waals surface area (Å²) in [6.07, 6.45) is 5.19. The molecule has 70 valence electrons. The Bertz CT molecular complexity index is 549. The van der Waals surface area contributed by atoms with E-state index in [1.54, 1.807) is 6.92 Å². The van der Waals surface area contributed by atoms with Crippen molar-refractivity contribution in [2.75, 3.05) is 0 Å². The largest absolute Gasteiger partial charge is 0.255 e. The van der Waals surface area contributed by atoms with Crippen LogP contribution in [0.5, 0.6) is 0 Å². The van der Waals surface area contributed by atoms with Crippen LogP contribution in [0.25, 0.3) is 11.0 Å². The predicted molar refractivity (Wildman–Crippen MR) is 48.6 cm³/mol. The minimum atomic E-state index is -0.697. The van der Waals surface area contributed by atoms with Gasteiger partial charge in [0.1, 0.15) is 17.2 Å². The number of terminal acetylenes is 1. The number of nitrogens with zero attached hydrogens (tertiary/aromatic N) is 2. The number of hydrogen-bond acceptors (Lipinski definition) is 1. The normalized spacial score (nSPS) is 10.4. The van der Waals surface area contributed by atoms with Gasteiger partial charge in [-0.15, -0.1) is 0 Å². The Morgan fingerprint density at radius 3 is 2.79 bits per heavy atom. The standard InChI is InChI=1S/C10H6F2N2/c1-3-14-6(2)13-10-8(12)4-7(11)5-9(10)14/h1,4-5H,2H3. The minimum absolute atomic E-state index is 0.0989. The van der Waals surface area contributed by atoms with E-state index in [9.17, 15) is 8.78 Å². The monoisotopic (exact) mass is 192 g/mol.